The Morgan fingerprint density at radius 1 is 1.41 bits per heavy atom. The van der Waals surface area contributed by atoms with Crippen LogP contribution in [0.15, 0.2) is 10.6 Å². The maximum Gasteiger partial charge on any atom is 0.353 e. The van der Waals surface area contributed by atoms with Crippen LogP contribution >= 0.6 is 11.8 Å². The van der Waals surface area contributed by atoms with Crippen molar-refractivity contribution < 1.29 is 24.3 Å². The summed E-state index contributed by atoms with van der Waals surface area (Å²) in [6.45, 7) is 5.41. The highest BCUT2D eigenvalue weighted by Crippen LogP contribution is 2.45. The van der Waals surface area contributed by atoms with Crippen molar-refractivity contribution in [3.63, 3.8) is 0 Å². The second-order valence-electron chi connectivity index (χ2n) is 10.3. The fraction of sp³-hybridized carbons (Fsp3) is 0.708. The molecule has 0 radical (unpaired) electrons. The van der Waals surface area contributed by atoms with Crippen LogP contribution < -0.4 is 16.4 Å². The zero-order valence-corrected chi connectivity index (χ0v) is 22.7. The van der Waals surface area contributed by atoms with E-state index in [1.807, 2.05) is 6.92 Å². The number of hydrogen-bond donors (Lipinski definition) is 5. The summed E-state index contributed by atoms with van der Waals surface area (Å²) < 4.78 is 0. The molecule has 0 bridgehead atoms. The first kappa shape index (κ1) is 28.9. The lowest BCUT2D eigenvalue weighted by atomic mass is 9.86. The smallest absolute Gasteiger partial charge is 0.353 e. The van der Waals surface area contributed by atoms with Crippen molar-refractivity contribution in [2.45, 2.75) is 56.1 Å². The molecule has 7 atom stereocenters. The first-order valence-corrected chi connectivity index (χ1v) is 13.5. The molecule has 12 nitrogen and oxygen atoms in total. The van der Waals surface area contributed by atoms with Gasteiger partial charge in [0, 0.05) is 67.9 Å². The molecule has 3 heterocycles. The normalized spacial score (nSPS) is 29.3. The Labute approximate surface area is 221 Å². The SMILES string of the molecule is C[C@@H](NC(=O)CN(C)C=N)[C@H](C=O)[C@H]1[C@@H](C)C(S[C@@H]2CN[C@H](C(=O)N3CC[C@H](N)C3)C2)=C(C(=O)O)N1C. The van der Waals surface area contributed by atoms with Crippen molar-refractivity contribution in [1.29, 1.82) is 5.41 Å². The average molecular weight is 538 g/mol. The number of aliphatic carboxylic acids is 1. The van der Waals surface area contributed by atoms with E-state index in [4.69, 9.17) is 11.1 Å². The fourth-order valence-corrected chi connectivity index (χ4v) is 7.09. The molecule has 2 amide bonds. The standard InChI is InChI=1S/C24H39N7O5S/c1-13-20(17(11-32)14(2)28-19(33)10-29(3)12-25)30(4)21(24(35)36)22(13)37-16-7-18(27-8-16)23(34)31-6-5-15(26)9-31/h11-18,20,25,27H,5-10,26H2,1-4H3,(H,28,33)(H,35,36)/t13-,14-,15+,16+,17+,18+,20-/m1/s1. The van der Waals surface area contributed by atoms with Gasteiger partial charge in [0.05, 0.1) is 24.8 Å². The number of likely N-dealkylation sites (N-methyl/N-ethyl adjacent to an activating group) is 2. The Morgan fingerprint density at radius 3 is 2.68 bits per heavy atom. The summed E-state index contributed by atoms with van der Waals surface area (Å²) in [5.41, 5.74) is 6.10. The molecule has 0 aromatic carbocycles. The third kappa shape index (κ3) is 6.44. The molecule has 3 rings (SSSR count). The minimum atomic E-state index is -1.07. The minimum Gasteiger partial charge on any atom is -0.477 e. The highest BCUT2D eigenvalue weighted by atomic mass is 32.2. The van der Waals surface area contributed by atoms with Crippen LogP contribution in [0.5, 0.6) is 0 Å². The number of nitrogens with zero attached hydrogens (tertiary/aromatic N) is 3. The summed E-state index contributed by atoms with van der Waals surface area (Å²) in [5.74, 6) is -2.29. The number of amides is 2. The van der Waals surface area contributed by atoms with E-state index >= 15 is 0 Å². The lowest BCUT2D eigenvalue weighted by molar-refractivity contribution is -0.135. The van der Waals surface area contributed by atoms with E-state index < -0.39 is 24.0 Å². The molecule has 37 heavy (non-hydrogen) atoms. The molecule has 2 saturated heterocycles. The van der Waals surface area contributed by atoms with Crippen LogP contribution in [-0.2, 0) is 19.2 Å². The van der Waals surface area contributed by atoms with Crippen LogP contribution in [0.4, 0.5) is 0 Å². The third-order valence-corrected chi connectivity index (χ3v) is 9.02. The Morgan fingerprint density at radius 2 is 2.11 bits per heavy atom. The van der Waals surface area contributed by atoms with Gasteiger partial charge in [0.2, 0.25) is 11.8 Å². The number of carbonyl (C=O) groups is 4. The first-order valence-electron chi connectivity index (χ1n) is 12.6. The molecule has 0 saturated carbocycles. The van der Waals surface area contributed by atoms with Crippen molar-refractivity contribution in [3.05, 3.63) is 10.6 Å². The van der Waals surface area contributed by atoms with Crippen LogP contribution in [0.25, 0.3) is 0 Å². The second kappa shape index (κ2) is 12.3. The molecular formula is C24H39N7O5S. The third-order valence-electron chi connectivity index (χ3n) is 7.51. The largest absolute Gasteiger partial charge is 0.477 e. The number of likely N-dealkylation sites (tertiary alicyclic amines) is 1. The summed E-state index contributed by atoms with van der Waals surface area (Å²) in [5, 5.41) is 23.4. The number of rotatable bonds is 11. The van der Waals surface area contributed by atoms with Gasteiger partial charge in [0.15, 0.2) is 0 Å². The molecular weight excluding hydrogens is 498 g/mol. The van der Waals surface area contributed by atoms with E-state index in [0.717, 1.165) is 19.0 Å². The van der Waals surface area contributed by atoms with Crippen molar-refractivity contribution >= 4 is 42.2 Å². The molecule has 0 unspecified atom stereocenters. The summed E-state index contributed by atoms with van der Waals surface area (Å²) in [6.07, 6.45) is 3.20. The first-order chi connectivity index (χ1) is 17.5. The van der Waals surface area contributed by atoms with Gasteiger partial charge in [-0.1, -0.05) is 6.92 Å². The predicted molar refractivity (Wildman–Crippen MR) is 141 cm³/mol. The zero-order valence-electron chi connectivity index (χ0n) is 21.8. The van der Waals surface area contributed by atoms with Gasteiger partial charge in [-0.25, -0.2) is 4.79 Å². The van der Waals surface area contributed by atoms with Gasteiger partial charge in [0.25, 0.3) is 0 Å². The van der Waals surface area contributed by atoms with Crippen LogP contribution in [0.2, 0.25) is 0 Å². The number of carboxylic acid groups (broad SMARTS) is 1. The van der Waals surface area contributed by atoms with Crippen LogP contribution in [0.1, 0.15) is 26.7 Å². The van der Waals surface area contributed by atoms with Gasteiger partial charge in [-0.3, -0.25) is 15.0 Å². The molecule has 0 spiro atoms. The maximum absolute atomic E-state index is 12.9. The van der Waals surface area contributed by atoms with E-state index in [-0.39, 0.29) is 47.3 Å². The Balaban J connectivity index is 1.70. The van der Waals surface area contributed by atoms with Gasteiger partial charge in [-0.05, 0) is 19.8 Å². The topological polar surface area (TPSA) is 172 Å². The summed E-state index contributed by atoms with van der Waals surface area (Å²) >= 11 is 1.46. The van der Waals surface area contributed by atoms with Gasteiger partial charge in [0.1, 0.15) is 12.0 Å². The predicted octanol–water partition coefficient (Wildman–Crippen LogP) is -0.885. The summed E-state index contributed by atoms with van der Waals surface area (Å²) in [4.78, 5) is 55.3. The molecule has 6 N–H and O–H groups in total. The number of carbonyl (C=O) groups excluding carboxylic acids is 3. The second-order valence-corrected chi connectivity index (χ2v) is 11.6. The molecule has 0 aromatic heterocycles. The number of hydrogen-bond acceptors (Lipinski definition) is 9. The fourth-order valence-electron chi connectivity index (χ4n) is 5.57. The number of carboxylic acids is 1. The van der Waals surface area contributed by atoms with Gasteiger partial charge in [-0.15, -0.1) is 11.8 Å². The van der Waals surface area contributed by atoms with Crippen molar-refractivity contribution in [2.75, 3.05) is 40.3 Å². The molecule has 3 aliphatic rings. The molecule has 0 aromatic rings. The quantitative estimate of drug-likeness (QED) is 0.126. The Hall–Kier alpha value is -2.64. The number of thioether (sulfide) groups is 1. The molecule has 13 heteroatoms. The van der Waals surface area contributed by atoms with Gasteiger partial charge in [-0.2, -0.15) is 0 Å². The van der Waals surface area contributed by atoms with E-state index in [9.17, 15) is 24.3 Å². The summed E-state index contributed by atoms with van der Waals surface area (Å²) in [7, 11) is 3.27. The maximum atomic E-state index is 12.9. The molecule has 2 fully saturated rings. The Kier molecular flexibility index (Phi) is 9.59. The summed E-state index contributed by atoms with van der Waals surface area (Å²) in [6, 6.07) is -1.31. The molecule has 3 aliphatic heterocycles. The van der Waals surface area contributed by atoms with Crippen molar-refractivity contribution in [2.24, 2.45) is 17.6 Å². The van der Waals surface area contributed by atoms with E-state index in [0.29, 0.717) is 31.0 Å². The molecule has 206 valence electrons. The highest BCUT2D eigenvalue weighted by Gasteiger charge is 2.46. The van der Waals surface area contributed by atoms with Crippen molar-refractivity contribution in [1.82, 2.24) is 25.3 Å². The molecule has 0 aliphatic carbocycles. The minimum absolute atomic E-state index is 0.00708. The zero-order chi connectivity index (χ0) is 27.4. The van der Waals surface area contributed by atoms with Crippen LogP contribution in [0, 0.1) is 17.2 Å². The monoisotopic (exact) mass is 537 g/mol. The van der Waals surface area contributed by atoms with Crippen LogP contribution in [-0.4, -0.2) is 120 Å². The lowest BCUT2D eigenvalue weighted by Gasteiger charge is -2.34. The Bertz CT molecular complexity index is 946. The highest BCUT2D eigenvalue weighted by molar-refractivity contribution is 8.03. The van der Waals surface area contributed by atoms with E-state index in [2.05, 4.69) is 10.6 Å². The number of nitrogens with two attached hydrogens (primary N) is 1. The average Bonchev–Trinajstić information content (AvgIpc) is 3.54. The van der Waals surface area contributed by atoms with Crippen LogP contribution in [0.3, 0.4) is 0 Å². The van der Waals surface area contributed by atoms with E-state index in [1.165, 1.54) is 16.7 Å². The number of aldehydes is 1. The number of nitrogens with one attached hydrogen (secondary N) is 3. The van der Waals surface area contributed by atoms with E-state index in [1.54, 1.807) is 30.8 Å². The van der Waals surface area contributed by atoms with Gasteiger partial charge >= 0.3 is 5.97 Å². The lowest BCUT2D eigenvalue weighted by Crippen LogP contribution is -2.51. The van der Waals surface area contributed by atoms with Gasteiger partial charge < -0.3 is 41.0 Å². The van der Waals surface area contributed by atoms with Crippen molar-refractivity contribution in [3.8, 4) is 0 Å².